The first-order chi connectivity index (χ1) is 7.81. The van der Waals surface area contributed by atoms with Gasteiger partial charge in [0.25, 0.3) is 0 Å². The molecule has 1 aliphatic carbocycles. The molecule has 0 atom stereocenters. The predicted molar refractivity (Wildman–Crippen MR) is 61.6 cm³/mol. The fraction of sp³-hybridized carbons (Fsp3) is 0.462. The van der Waals surface area contributed by atoms with Gasteiger partial charge in [-0.2, -0.15) is 5.26 Å². The summed E-state index contributed by atoms with van der Waals surface area (Å²) in [6.07, 6.45) is 5.08. The number of hydrogen-bond donors (Lipinski definition) is 1. The minimum Gasteiger partial charge on any atom is -0.384 e. The third-order valence-electron chi connectivity index (χ3n) is 3.22. The molecule has 1 aromatic rings. The summed E-state index contributed by atoms with van der Waals surface area (Å²) in [5.41, 5.74) is 0.734. The first-order valence-electron chi connectivity index (χ1n) is 5.73. The molecule has 0 amide bonds. The lowest BCUT2D eigenvalue weighted by molar-refractivity contribution is 0.303. The third kappa shape index (κ3) is 2.33. The van der Waals surface area contributed by atoms with Gasteiger partial charge in [-0.3, -0.25) is 0 Å². The SMILES string of the molecule is N#Cc1c(F)cccc1NCCC1CCC1. The Bertz CT molecular complexity index is 405. The molecule has 3 heteroatoms. The van der Waals surface area contributed by atoms with Gasteiger partial charge in [-0.05, 0) is 24.5 Å². The summed E-state index contributed by atoms with van der Waals surface area (Å²) in [5.74, 6) is 0.378. The zero-order valence-electron chi connectivity index (χ0n) is 9.17. The van der Waals surface area contributed by atoms with E-state index in [4.69, 9.17) is 5.26 Å². The Hall–Kier alpha value is -1.56. The molecule has 1 aliphatic rings. The molecule has 1 aromatic carbocycles. The largest absolute Gasteiger partial charge is 0.384 e. The smallest absolute Gasteiger partial charge is 0.143 e. The third-order valence-corrected chi connectivity index (χ3v) is 3.22. The lowest BCUT2D eigenvalue weighted by Crippen LogP contribution is -2.16. The molecule has 2 nitrogen and oxygen atoms in total. The second-order valence-corrected chi connectivity index (χ2v) is 4.29. The summed E-state index contributed by atoms with van der Waals surface area (Å²) in [6, 6.07) is 6.59. The zero-order chi connectivity index (χ0) is 11.4. The van der Waals surface area contributed by atoms with Gasteiger partial charge in [-0.25, -0.2) is 4.39 Å². The maximum absolute atomic E-state index is 13.3. The van der Waals surface area contributed by atoms with Gasteiger partial charge < -0.3 is 5.32 Å². The highest BCUT2D eigenvalue weighted by Gasteiger charge is 2.16. The second-order valence-electron chi connectivity index (χ2n) is 4.29. The van der Waals surface area contributed by atoms with Crippen LogP contribution in [0.4, 0.5) is 10.1 Å². The molecule has 16 heavy (non-hydrogen) atoms. The molecule has 1 saturated carbocycles. The van der Waals surface area contributed by atoms with Crippen LogP contribution in [0.25, 0.3) is 0 Å². The first-order valence-corrected chi connectivity index (χ1v) is 5.73. The number of nitrogens with one attached hydrogen (secondary N) is 1. The van der Waals surface area contributed by atoms with E-state index in [2.05, 4.69) is 5.32 Å². The fourth-order valence-corrected chi connectivity index (χ4v) is 1.98. The minimum atomic E-state index is -0.448. The molecule has 84 valence electrons. The number of nitriles is 1. The van der Waals surface area contributed by atoms with Gasteiger partial charge in [0.05, 0.1) is 5.69 Å². The highest BCUT2D eigenvalue weighted by atomic mass is 19.1. The topological polar surface area (TPSA) is 35.8 Å². The number of rotatable bonds is 4. The maximum Gasteiger partial charge on any atom is 0.143 e. The van der Waals surface area contributed by atoms with Crippen molar-refractivity contribution < 1.29 is 4.39 Å². The molecule has 0 heterocycles. The van der Waals surface area contributed by atoms with Crippen LogP contribution in [0.3, 0.4) is 0 Å². The Morgan fingerprint density at radius 3 is 2.88 bits per heavy atom. The van der Waals surface area contributed by atoms with Gasteiger partial charge in [0.1, 0.15) is 17.4 Å². The highest BCUT2D eigenvalue weighted by Crippen LogP contribution is 2.29. The van der Waals surface area contributed by atoms with E-state index in [0.717, 1.165) is 18.9 Å². The summed E-state index contributed by atoms with van der Waals surface area (Å²) in [7, 11) is 0. The Kier molecular flexibility index (Phi) is 3.40. The number of hydrogen-bond acceptors (Lipinski definition) is 2. The van der Waals surface area contributed by atoms with Gasteiger partial charge in [0.2, 0.25) is 0 Å². The Morgan fingerprint density at radius 2 is 2.25 bits per heavy atom. The molecule has 0 aromatic heterocycles. The molecule has 0 bridgehead atoms. The van der Waals surface area contributed by atoms with E-state index in [1.807, 2.05) is 6.07 Å². The number of halogens is 1. The highest BCUT2D eigenvalue weighted by molar-refractivity contribution is 5.57. The van der Waals surface area contributed by atoms with Crippen LogP contribution in [0.5, 0.6) is 0 Å². The van der Waals surface area contributed by atoms with E-state index < -0.39 is 5.82 Å². The zero-order valence-corrected chi connectivity index (χ0v) is 9.17. The van der Waals surface area contributed by atoms with Crippen LogP contribution in [0.2, 0.25) is 0 Å². The average molecular weight is 218 g/mol. The van der Waals surface area contributed by atoms with Gasteiger partial charge in [-0.15, -0.1) is 0 Å². The number of benzene rings is 1. The standard InChI is InChI=1S/C13H15FN2/c14-12-5-2-6-13(11(12)9-15)16-8-7-10-3-1-4-10/h2,5-6,10,16H,1,3-4,7-8H2. The van der Waals surface area contributed by atoms with Crippen molar-refractivity contribution in [1.29, 1.82) is 5.26 Å². The van der Waals surface area contributed by atoms with Crippen LogP contribution in [0.15, 0.2) is 18.2 Å². The summed E-state index contributed by atoms with van der Waals surface area (Å²) in [4.78, 5) is 0. The molecule has 2 rings (SSSR count). The lowest BCUT2D eigenvalue weighted by atomic mass is 9.83. The molecule has 0 aliphatic heterocycles. The summed E-state index contributed by atoms with van der Waals surface area (Å²) in [5, 5.41) is 12.0. The summed E-state index contributed by atoms with van der Waals surface area (Å²) >= 11 is 0. The minimum absolute atomic E-state index is 0.121. The quantitative estimate of drug-likeness (QED) is 0.841. The van der Waals surface area contributed by atoms with Crippen molar-refractivity contribution in [1.82, 2.24) is 0 Å². The van der Waals surface area contributed by atoms with E-state index in [1.165, 1.54) is 25.3 Å². The van der Waals surface area contributed by atoms with Gasteiger partial charge in [0.15, 0.2) is 0 Å². The van der Waals surface area contributed by atoms with Crippen molar-refractivity contribution >= 4 is 5.69 Å². The van der Waals surface area contributed by atoms with Crippen molar-refractivity contribution in [2.24, 2.45) is 5.92 Å². The molecule has 1 N–H and O–H groups in total. The first kappa shape index (κ1) is 10.9. The van der Waals surface area contributed by atoms with Crippen LogP contribution in [0, 0.1) is 23.1 Å². The van der Waals surface area contributed by atoms with Crippen molar-refractivity contribution in [3.63, 3.8) is 0 Å². The molecule has 1 fully saturated rings. The van der Waals surface area contributed by atoms with Gasteiger partial charge >= 0.3 is 0 Å². The van der Waals surface area contributed by atoms with Crippen molar-refractivity contribution in [2.75, 3.05) is 11.9 Å². The van der Waals surface area contributed by atoms with Crippen molar-refractivity contribution in [3.05, 3.63) is 29.6 Å². The summed E-state index contributed by atoms with van der Waals surface area (Å²) < 4.78 is 13.3. The second kappa shape index (κ2) is 4.98. The number of nitrogens with zero attached hydrogens (tertiary/aromatic N) is 1. The van der Waals surface area contributed by atoms with E-state index in [1.54, 1.807) is 12.1 Å². The van der Waals surface area contributed by atoms with Crippen LogP contribution in [-0.4, -0.2) is 6.54 Å². The number of anilines is 1. The lowest BCUT2D eigenvalue weighted by Gasteiger charge is -2.25. The van der Waals surface area contributed by atoms with Crippen molar-refractivity contribution in [3.8, 4) is 6.07 Å². The van der Waals surface area contributed by atoms with Crippen molar-refractivity contribution in [2.45, 2.75) is 25.7 Å². The average Bonchev–Trinajstić information content (AvgIpc) is 2.22. The van der Waals surface area contributed by atoms with Gasteiger partial charge in [-0.1, -0.05) is 25.3 Å². The van der Waals surface area contributed by atoms with Crippen LogP contribution >= 0.6 is 0 Å². The Balaban J connectivity index is 1.93. The monoisotopic (exact) mass is 218 g/mol. The van der Waals surface area contributed by atoms with Crippen LogP contribution in [-0.2, 0) is 0 Å². The van der Waals surface area contributed by atoms with E-state index in [-0.39, 0.29) is 5.56 Å². The molecular formula is C13H15FN2. The Morgan fingerprint density at radius 1 is 1.44 bits per heavy atom. The maximum atomic E-state index is 13.3. The fourth-order valence-electron chi connectivity index (χ4n) is 1.98. The van der Waals surface area contributed by atoms with E-state index in [9.17, 15) is 4.39 Å². The predicted octanol–water partition coefficient (Wildman–Crippen LogP) is 3.30. The molecule has 0 saturated heterocycles. The van der Waals surface area contributed by atoms with Crippen LogP contribution in [0.1, 0.15) is 31.2 Å². The summed E-state index contributed by atoms with van der Waals surface area (Å²) in [6.45, 7) is 0.822. The van der Waals surface area contributed by atoms with E-state index >= 15 is 0 Å². The Labute approximate surface area is 95.1 Å². The normalized spacial score (nSPS) is 15.2. The van der Waals surface area contributed by atoms with Crippen LogP contribution < -0.4 is 5.32 Å². The van der Waals surface area contributed by atoms with E-state index in [0.29, 0.717) is 5.69 Å². The molecule has 0 radical (unpaired) electrons. The molecule has 0 unspecified atom stereocenters. The molecular weight excluding hydrogens is 203 g/mol. The van der Waals surface area contributed by atoms with Gasteiger partial charge in [0, 0.05) is 6.54 Å². The molecule has 0 spiro atoms.